The summed E-state index contributed by atoms with van der Waals surface area (Å²) in [7, 11) is 3.53. The molecule has 6 unspecified atom stereocenters. The predicted octanol–water partition coefficient (Wildman–Crippen LogP) is 6.50. The quantitative estimate of drug-likeness (QED) is 0.191. The van der Waals surface area contributed by atoms with E-state index in [0.29, 0.717) is 28.9 Å². The first-order valence-electron chi connectivity index (χ1n) is 14.8. The average Bonchev–Trinajstić information content (AvgIpc) is 3.20. The Bertz CT molecular complexity index is 1840. The van der Waals surface area contributed by atoms with Crippen LogP contribution in [0.4, 0.5) is 5.69 Å². The van der Waals surface area contributed by atoms with Gasteiger partial charge in [-0.1, -0.05) is 61.5 Å². The van der Waals surface area contributed by atoms with Crippen LogP contribution in [-0.2, 0) is 14.9 Å². The standard InChI is InChI=1S/C36H33N3O5/c1-21-27-18-26-19-30(39(41)42)35(3,43-5)31(23-12-14-25(15-13-23)32(40)24-9-7-6-8-10-24)33(26)44-36(27)34(21,2)28-17-22(20-37)11-16-29(28)38(36)4/h6-17,19,21,27,31H,18H2,1-5H3. The highest BCUT2D eigenvalue weighted by atomic mass is 16.6. The fourth-order valence-corrected chi connectivity index (χ4v) is 8.61. The van der Waals surface area contributed by atoms with Crippen LogP contribution in [0.25, 0.3) is 0 Å². The van der Waals surface area contributed by atoms with E-state index in [1.165, 1.54) is 7.11 Å². The number of nitro groups is 1. The van der Waals surface area contributed by atoms with E-state index in [9.17, 15) is 20.2 Å². The monoisotopic (exact) mass is 587 g/mol. The number of hydrogen-bond acceptors (Lipinski definition) is 7. The number of carbonyl (C=O) groups is 1. The van der Waals surface area contributed by atoms with E-state index in [1.54, 1.807) is 37.3 Å². The Morgan fingerprint density at radius 1 is 1.09 bits per heavy atom. The van der Waals surface area contributed by atoms with E-state index in [2.05, 4.69) is 24.8 Å². The number of ketones is 1. The van der Waals surface area contributed by atoms with E-state index in [0.717, 1.165) is 22.4 Å². The fourth-order valence-electron chi connectivity index (χ4n) is 8.61. The van der Waals surface area contributed by atoms with Crippen molar-refractivity contribution in [3.8, 4) is 6.07 Å². The van der Waals surface area contributed by atoms with E-state index in [-0.39, 0.29) is 28.2 Å². The minimum atomic E-state index is -1.35. The molecule has 6 atom stereocenters. The molecule has 2 heterocycles. The molecule has 44 heavy (non-hydrogen) atoms. The van der Waals surface area contributed by atoms with Crippen LogP contribution in [0.2, 0.25) is 0 Å². The number of fused-ring (bicyclic) bond motifs is 2. The molecule has 8 nitrogen and oxygen atoms in total. The number of ether oxygens (including phenoxy) is 2. The SMILES string of the molecule is COC1(C)C([N+](=O)[O-])=CC2=C(OC34C(C2)C(C)C3(C)c2cc(C#N)ccc2N4C)C1c1ccc(C(=O)c2ccccc2)cc1. The van der Waals surface area contributed by atoms with Crippen molar-refractivity contribution in [1.82, 2.24) is 0 Å². The van der Waals surface area contributed by atoms with Gasteiger partial charge in [0.2, 0.25) is 0 Å². The van der Waals surface area contributed by atoms with Crippen LogP contribution in [0, 0.1) is 33.3 Å². The van der Waals surface area contributed by atoms with Crippen LogP contribution in [0.15, 0.2) is 95.9 Å². The van der Waals surface area contributed by atoms with Gasteiger partial charge in [-0.2, -0.15) is 5.26 Å². The molecule has 0 aromatic heterocycles. The lowest BCUT2D eigenvalue weighted by atomic mass is 9.45. The Morgan fingerprint density at radius 3 is 2.41 bits per heavy atom. The molecule has 0 N–H and O–H groups in total. The third-order valence-electron chi connectivity index (χ3n) is 11.1. The van der Waals surface area contributed by atoms with Crippen molar-refractivity contribution in [2.45, 2.75) is 49.9 Å². The number of likely N-dealkylation sites (N-methyl/N-ethyl adjacent to an activating group) is 1. The smallest absolute Gasteiger partial charge is 0.279 e. The minimum absolute atomic E-state index is 0.0239. The Hall–Kier alpha value is -4.74. The number of benzene rings is 3. The van der Waals surface area contributed by atoms with Gasteiger partial charge in [0, 0.05) is 43.0 Å². The van der Waals surface area contributed by atoms with Crippen molar-refractivity contribution in [3.05, 3.63) is 134 Å². The van der Waals surface area contributed by atoms with Crippen LogP contribution in [0.1, 0.15) is 65.7 Å². The summed E-state index contributed by atoms with van der Waals surface area (Å²) in [6, 6.07) is 24.4. The molecule has 8 heteroatoms. The van der Waals surface area contributed by atoms with Gasteiger partial charge in [-0.3, -0.25) is 14.9 Å². The maximum absolute atomic E-state index is 13.2. The number of hydrogen-bond donors (Lipinski definition) is 0. The molecule has 1 saturated carbocycles. The number of anilines is 1. The molecule has 1 fully saturated rings. The molecule has 0 amide bonds. The van der Waals surface area contributed by atoms with Crippen molar-refractivity contribution in [2.75, 3.05) is 19.1 Å². The highest BCUT2D eigenvalue weighted by molar-refractivity contribution is 6.08. The lowest BCUT2D eigenvalue weighted by Gasteiger charge is -2.68. The summed E-state index contributed by atoms with van der Waals surface area (Å²) in [5, 5.41) is 22.2. The Labute approximate surface area is 256 Å². The minimum Gasteiger partial charge on any atom is -0.470 e. The maximum atomic E-state index is 13.2. The van der Waals surface area contributed by atoms with Gasteiger partial charge in [0.05, 0.1) is 27.9 Å². The van der Waals surface area contributed by atoms with Crippen LogP contribution in [0.5, 0.6) is 0 Å². The molecule has 3 aromatic rings. The van der Waals surface area contributed by atoms with Gasteiger partial charge in [-0.05, 0) is 61.1 Å². The zero-order valence-corrected chi connectivity index (χ0v) is 25.3. The van der Waals surface area contributed by atoms with Crippen molar-refractivity contribution < 1.29 is 19.2 Å². The van der Waals surface area contributed by atoms with E-state index in [4.69, 9.17) is 9.47 Å². The molecule has 0 radical (unpaired) electrons. The topological polar surface area (TPSA) is 106 Å². The van der Waals surface area contributed by atoms with Gasteiger partial charge in [0.15, 0.2) is 17.1 Å². The number of nitrogens with zero attached hydrogens (tertiary/aromatic N) is 3. The molecule has 2 aliphatic carbocycles. The molecule has 1 spiro atoms. The van der Waals surface area contributed by atoms with Gasteiger partial charge < -0.3 is 14.4 Å². The molecule has 3 aromatic carbocycles. The summed E-state index contributed by atoms with van der Waals surface area (Å²) >= 11 is 0. The molecule has 222 valence electrons. The third-order valence-corrected chi connectivity index (χ3v) is 11.1. The summed E-state index contributed by atoms with van der Waals surface area (Å²) in [6.45, 7) is 6.15. The normalized spacial score (nSPS) is 31.3. The van der Waals surface area contributed by atoms with E-state index < -0.39 is 22.7 Å². The highest BCUT2D eigenvalue weighted by Gasteiger charge is 2.78. The van der Waals surface area contributed by atoms with Crippen molar-refractivity contribution in [3.63, 3.8) is 0 Å². The van der Waals surface area contributed by atoms with E-state index in [1.807, 2.05) is 55.6 Å². The van der Waals surface area contributed by atoms with Crippen molar-refractivity contribution >= 4 is 11.5 Å². The first-order chi connectivity index (χ1) is 21.0. The van der Waals surface area contributed by atoms with Gasteiger partial charge in [-0.25, -0.2) is 0 Å². The molecule has 7 rings (SSSR count). The highest BCUT2D eigenvalue weighted by Crippen LogP contribution is 2.73. The number of nitriles is 1. The summed E-state index contributed by atoms with van der Waals surface area (Å²) in [5.74, 6) is 0.168. The molecule has 2 aliphatic heterocycles. The third kappa shape index (κ3) is 3.33. The molecule has 0 saturated heterocycles. The van der Waals surface area contributed by atoms with Gasteiger partial charge in [0.25, 0.3) is 5.70 Å². The van der Waals surface area contributed by atoms with Gasteiger partial charge >= 0.3 is 0 Å². The van der Waals surface area contributed by atoms with Crippen LogP contribution in [0.3, 0.4) is 0 Å². The Morgan fingerprint density at radius 2 is 1.77 bits per heavy atom. The van der Waals surface area contributed by atoms with Gasteiger partial charge in [-0.15, -0.1) is 0 Å². The Balaban J connectivity index is 1.36. The summed E-state index contributed by atoms with van der Waals surface area (Å²) in [5.41, 5.74) is 2.86. The molecular weight excluding hydrogens is 554 g/mol. The summed E-state index contributed by atoms with van der Waals surface area (Å²) < 4.78 is 13.3. The second-order valence-corrected chi connectivity index (χ2v) is 12.7. The predicted molar refractivity (Wildman–Crippen MR) is 165 cm³/mol. The van der Waals surface area contributed by atoms with E-state index >= 15 is 0 Å². The Kier molecular flexibility index (Phi) is 5.98. The first kappa shape index (κ1) is 28.1. The molecule has 4 aliphatic rings. The van der Waals surface area contributed by atoms with Gasteiger partial charge in [0.1, 0.15) is 5.76 Å². The molecular formula is C36H33N3O5. The van der Waals surface area contributed by atoms with Crippen molar-refractivity contribution in [1.29, 1.82) is 5.26 Å². The van der Waals surface area contributed by atoms with Crippen LogP contribution >= 0.6 is 0 Å². The van der Waals surface area contributed by atoms with Crippen LogP contribution < -0.4 is 4.90 Å². The lowest BCUT2D eigenvalue weighted by Crippen LogP contribution is -2.77. The number of methoxy groups -OCH3 is 1. The second-order valence-electron chi connectivity index (χ2n) is 12.7. The zero-order chi connectivity index (χ0) is 31.2. The number of rotatable bonds is 5. The maximum Gasteiger partial charge on any atom is 0.279 e. The second kappa shape index (κ2) is 9.38. The van der Waals surface area contributed by atoms with Crippen LogP contribution in [-0.4, -0.2) is 36.2 Å². The zero-order valence-electron chi connectivity index (χ0n) is 25.3. The summed E-state index contributed by atoms with van der Waals surface area (Å²) in [4.78, 5) is 27.5. The number of allylic oxidation sites excluding steroid dienone is 2. The lowest BCUT2D eigenvalue weighted by molar-refractivity contribution is -0.446. The summed E-state index contributed by atoms with van der Waals surface area (Å²) in [6.07, 6.45) is 2.25. The first-order valence-corrected chi connectivity index (χ1v) is 14.8. The van der Waals surface area contributed by atoms with Crippen molar-refractivity contribution in [2.24, 2.45) is 11.8 Å². The largest absolute Gasteiger partial charge is 0.470 e. The fraction of sp³-hybridized carbons (Fsp3) is 0.333. The average molecular weight is 588 g/mol. The number of carbonyl (C=O) groups excluding carboxylic acids is 1. The molecule has 0 bridgehead atoms.